The molecule has 0 unspecified atom stereocenters. The molecule has 0 radical (unpaired) electrons. The van der Waals surface area contributed by atoms with E-state index in [0.29, 0.717) is 6.42 Å². The van der Waals surface area contributed by atoms with Gasteiger partial charge in [-0.15, -0.1) is 0 Å². The third kappa shape index (κ3) is 3.17. The standard InChI is InChI=1S/C16H20N2O3/c19-15(11-6-2-1-3-7-11)17-18-16(20)14-10-12-8-4-5-9-13(12)21-14/h4-5,8-9,11,14H,1-3,6-7,10H2,(H,17,19)(H,18,20)/t14-/m0/s1. The highest BCUT2D eigenvalue weighted by Crippen LogP contribution is 2.28. The second-order valence-electron chi connectivity index (χ2n) is 5.73. The average molecular weight is 288 g/mol. The van der Waals surface area contributed by atoms with Crippen molar-refractivity contribution in [1.29, 1.82) is 0 Å². The summed E-state index contributed by atoms with van der Waals surface area (Å²) in [5.41, 5.74) is 6.05. The Labute approximate surface area is 124 Å². The molecule has 2 N–H and O–H groups in total. The molecule has 1 aliphatic heterocycles. The van der Waals surface area contributed by atoms with Crippen molar-refractivity contribution in [3.05, 3.63) is 29.8 Å². The van der Waals surface area contributed by atoms with E-state index in [1.54, 1.807) is 0 Å². The highest BCUT2D eigenvalue weighted by Gasteiger charge is 2.29. The van der Waals surface area contributed by atoms with E-state index in [1.165, 1.54) is 6.42 Å². The molecule has 1 saturated carbocycles. The highest BCUT2D eigenvalue weighted by atomic mass is 16.5. The van der Waals surface area contributed by atoms with E-state index < -0.39 is 6.10 Å². The Morgan fingerprint density at radius 2 is 1.71 bits per heavy atom. The van der Waals surface area contributed by atoms with Gasteiger partial charge in [0, 0.05) is 12.3 Å². The van der Waals surface area contributed by atoms with Gasteiger partial charge in [-0.05, 0) is 24.5 Å². The summed E-state index contributed by atoms with van der Waals surface area (Å²) in [6.45, 7) is 0. The van der Waals surface area contributed by atoms with E-state index in [2.05, 4.69) is 10.9 Å². The number of hydrogen-bond acceptors (Lipinski definition) is 3. The van der Waals surface area contributed by atoms with E-state index in [-0.39, 0.29) is 17.7 Å². The van der Waals surface area contributed by atoms with Gasteiger partial charge in [-0.2, -0.15) is 0 Å². The molecule has 2 aliphatic rings. The first-order chi connectivity index (χ1) is 10.2. The van der Waals surface area contributed by atoms with Gasteiger partial charge in [-0.3, -0.25) is 20.4 Å². The molecule has 0 aromatic heterocycles. The summed E-state index contributed by atoms with van der Waals surface area (Å²) in [5.74, 6) is 0.394. The van der Waals surface area contributed by atoms with Crippen molar-refractivity contribution in [2.75, 3.05) is 0 Å². The van der Waals surface area contributed by atoms with Gasteiger partial charge in [0.05, 0.1) is 0 Å². The molecule has 1 aliphatic carbocycles. The van der Waals surface area contributed by atoms with Crippen LogP contribution in [0.5, 0.6) is 5.75 Å². The first-order valence-electron chi connectivity index (χ1n) is 7.58. The fourth-order valence-corrected chi connectivity index (χ4v) is 3.00. The van der Waals surface area contributed by atoms with Crippen molar-refractivity contribution in [3.63, 3.8) is 0 Å². The van der Waals surface area contributed by atoms with Crippen molar-refractivity contribution in [2.45, 2.75) is 44.6 Å². The van der Waals surface area contributed by atoms with Crippen LogP contribution in [0.2, 0.25) is 0 Å². The maximum atomic E-state index is 12.1. The van der Waals surface area contributed by atoms with Crippen LogP contribution in [0, 0.1) is 5.92 Å². The molecule has 1 aromatic rings. The van der Waals surface area contributed by atoms with Crippen LogP contribution >= 0.6 is 0 Å². The number of nitrogens with one attached hydrogen (secondary N) is 2. The minimum Gasteiger partial charge on any atom is -0.480 e. The molecule has 5 nitrogen and oxygen atoms in total. The van der Waals surface area contributed by atoms with E-state index in [0.717, 1.165) is 37.0 Å². The molecule has 0 spiro atoms. The van der Waals surface area contributed by atoms with Gasteiger partial charge in [0.25, 0.3) is 5.91 Å². The van der Waals surface area contributed by atoms with Crippen molar-refractivity contribution in [2.24, 2.45) is 5.92 Å². The zero-order chi connectivity index (χ0) is 14.7. The summed E-state index contributed by atoms with van der Waals surface area (Å²) < 4.78 is 5.58. The molecule has 0 saturated heterocycles. The lowest BCUT2D eigenvalue weighted by Crippen LogP contribution is -2.49. The summed E-state index contributed by atoms with van der Waals surface area (Å²) in [4.78, 5) is 24.0. The Balaban J connectivity index is 1.48. The van der Waals surface area contributed by atoms with Crippen molar-refractivity contribution in [3.8, 4) is 5.75 Å². The number of carbonyl (C=O) groups excluding carboxylic acids is 2. The smallest absolute Gasteiger partial charge is 0.279 e. The van der Waals surface area contributed by atoms with E-state index >= 15 is 0 Å². The molecule has 5 heteroatoms. The predicted octanol–water partition coefficient (Wildman–Crippen LogP) is 1.72. The molecule has 1 heterocycles. The quantitative estimate of drug-likeness (QED) is 0.814. The van der Waals surface area contributed by atoms with Gasteiger partial charge in [-0.1, -0.05) is 37.5 Å². The fourth-order valence-electron chi connectivity index (χ4n) is 3.00. The van der Waals surface area contributed by atoms with Crippen LogP contribution in [0.1, 0.15) is 37.7 Å². The van der Waals surface area contributed by atoms with Crippen LogP contribution in [0.25, 0.3) is 0 Å². The number of amides is 2. The average Bonchev–Trinajstić information content (AvgIpc) is 2.97. The van der Waals surface area contributed by atoms with Gasteiger partial charge in [0.1, 0.15) is 5.75 Å². The Hall–Kier alpha value is -2.04. The third-order valence-corrected chi connectivity index (χ3v) is 4.22. The monoisotopic (exact) mass is 288 g/mol. The van der Waals surface area contributed by atoms with Crippen molar-refractivity contribution >= 4 is 11.8 Å². The van der Waals surface area contributed by atoms with Gasteiger partial charge < -0.3 is 4.74 Å². The van der Waals surface area contributed by atoms with Crippen LogP contribution in [0.3, 0.4) is 0 Å². The fraction of sp³-hybridized carbons (Fsp3) is 0.500. The molecule has 1 fully saturated rings. The summed E-state index contributed by atoms with van der Waals surface area (Å²) in [7, 11) is 0. The summed E-state index contributed by atoms with van der Waals surface area (Å²) in [5, 5.41) is 0. The Kier molecular flexibility index (Phi) is 4.08. The largest absolute Gasteiger partial charge is 0.480 e. The van der Waals surface area contributed by atoms with E-state index in [4.69, 9.17) is 4.74 Å². The van der Waals surface area contributed by atoms with Crippen molar-refractivity contribution in [1.82, 2.24) is 10.9 Å². The molecule has 1 aromatic carbocycles. The SMILES string of the molecule is O=C(NNC(=O)[C@@H]1Cc2ccccc2O1)C1CCCCC1. The number of para-hydroxylation sites is 1. The number of rotatable bonds is 2. The van der Waals surface area contributed by atoms with Gasteiger partial charge in [0.15, 0.2) is 6.10 Å². The topological polar surface area (TPSA) is 67.4 Å². The lowest BCUT2D eigenvalue weighted by molar-refractivity contribution is -0.134. The van der Waals surface area contributed by atoms with E-state index in [9.17, 15) is 9.59 Å². The lowest BCUT2D eigenvalue weighted by Gasteiger charge is -2.21. The highest BCUT2D eigenvalue weighted by molar-refractivity contribution is 5.86. The predicted molar refractivity (Wildman–Crippen MR) is 77.4 cm³/mol. The van der Waals surface area contributed by atoms with E-state index in [1.807, 2.05) is 24.3 Å². The number of carbonyl (C=O) groups is 2. The molecular formula is C16H20N2O3. The maximum Gasteiger partial charge on any atom is 0.279 e. The third-order valence-electron chi connectivity index (χ3n) is 4.22. The molecule has 112 valence electrons. The van der Waals surface area contributed by atoms with Crippen LogP contribution < -0.4 is 15.6 Å². The van der Waals surface area contributed by atoms with Crippen LogP contribution in [0.15, 0.2) is 24.3 Å². The van der Waals surface area contributed by atoms with Gasteiger partial charge in [-0.25, -0.2) is 0 Å². The first-order valence-corrected chi connectivity index (χ1v) is 7.58. The Morgan fingerprint density at radius 1 is 1.00 bits per heavy atom. The Morgan fingerprint density at radius 3 is 2.48 bits per heavy atom. The number of hydrogen-bond donors (Lipinski definition) is 2. The molecular weight excluding hydrogens is 268 g/mol. The zero-order valence-electron chi connectivity index (χ0n) is 11.9. The number of hydrazine groups is 1. The van der Waals surface area contributed by atoms with Crippen LogP contribution in [-0.2, 0) is 16.0 Å². The summed E-state index contributed by atoms with van der Waals surface area (Å²) >= 11 is 0. The summed E-state index contributed by atoms with van der Waals surface area (Å²) in [6, 6.07) is 7.60. The van der Waals surface area contributed by atoms with Gasteiger partial charge in [0.2, 0.25) is 5.91 Å². The normalized spacial score (nSPS) is 21.2. The molecule has 2 amide bonds. The molecule has 1 atom stereocenters. The second kappa shape index (κ2) is 6.16. The molecule has 0 bridgehead atoms. The van der Waals surface area contributed by atoms with Crippen LogP contribution in [0.4, 0.5) is 0 Å². The molecule has 3 rings (SSSR count). The number of ether oxygens (including phenoxy) is 1. The second-order valence-corrected chi connectivity index (χ2v) is 5.73. The van der Waals surface area contributed by atoms with Crippen LogP contribution in [-0.4, -0.2) is 17.9 Å². The first kappa shape index (κ1) is 13.9. The minimum absolute atomic E-state index is 0.0285. The lowest BCUT2D eigenvalue weighted by atomic mass is 9.89. The number of benzene rings is 1. The molecule has 21 heavy (non-hydrogen) atoms. The maximum absolute atomic E-state index is 12.1. The Bertz CT molecular complexity index is 513. The zero-order valence-corrected chi connectivity index (χ0v) is 11.9. The summed E-state index contributed by atoms with van der Waals surface area (Å²) in [6.07, 6.45) is 5.18. The number of fused-ring (bicyclic) bond motifs is 1. The minimum atomic E-state index is -0.561. The van der Waals surface area contributed by atoms with Gasteiger partial charge >= 0.3 is 0 Å². The van der Waals surface area contributed by atoms with Crippen molar-refractivity contribution < 1.29 is 14.3 Å².